The summed E-state index contributed by atoms with van der Waals surface area (Å²) in [7, 11) is 0. The van der Waals surface area contributed by atoms with E-state index in [-0.39, 0.29) is 44.9 Å². The van der Waals surface area contributed by atoms with Crippen molar-refractivity contribution in [1.82, 2.24) is 0 Å². The maximum Gasteiger partial charge on any atom is 0.158 e. The van der Waals surface area contributed by atoms with Crippen LogP contribution in [-0.2, 0) is 42.2 Å². The molecule has 0 aromatic carbocycles. The van der Waals surface area contributed by atoms with Crippen molar-refractivity contribution >= 4 is 0 Å². The maximum atomic E-state index is 5.49. The normalized spacial score (nSPS) is 32.2. The first-order valence-corrected chi connectivity index (χ1v) is 3.70. The molecule has 0 aromatic rings. The van der Waals surface area contributed by atoms with E-state index in [9.17, 15) is 0 Å². The summed E-state index contributed by atoms with van der Waals surface area (Å²) < 4.78 is 10.9. The van der Waals surface area contributed by atoms with Crippen LogP contribution in [0.4, 0.5) is 0 Å². The van der Waals surface area contributed by atoms with Crippen LogP contribution in [0.2, 0.25) is 0 Å². The van der Waals surface area contributed by atoms with Crippen LogP contribution in [0.15, 0.2) is 12.7 Å². The molecule has 0 aliphatic carbocycles. The Morgan fingerprint density at radius 2 is 2.08 bits per heavy atom. The minimum atomic E-state index is -0.503. The van der Waals surface area contributed by atoms with Crippen LogP contribution < -0.4 is 0 Å². The Kier molecular flexibility index (Phi) is 5.01. The van der Waals surface area contributed by atoms with Gasteiger partial charge in [0.25, 0.3) is 0 Å². The van der Waals surface area contributed by atoms with Crippen LogP contribution in [0.3, 0.4) is 0 Å². The Labute approximate surface area is 99.6 Å². The summed E-state index contributed by atoms with van der Waals surface area (Å²) >= 11 is 0. The van der Waals surface area contributed by atoms with E-state index < -0.39 is 5.79 Å². The second kappa shape index (κ2) is 4.75. The predicted molar refractivity (Wildman–Crippen MR) is 43.7 cm³/mol. The molecule has 0 spiro atoms. The van der Waals surface area contributed by atoms with Gasteiger partial charge in [-0.15, -0.1) is 0 Å². The first-order valence-electron chi connectivity index (χ1n) is 3.70. The standard InChI is InChI=1S/C9H14O2.Y/c1-5-6-8-7(2)10-9(3,4)11-8;/h5-8H,1-2H2,3-4H3;/q-2;/t7-,8+;/m1./s1. The Hall–Kier alpha value is 0.634. The molecule has 0 unspecified atom stereocenters. The summed E-state index contributed by atoms with van der Waals surface area (Å²) in [5.74, 6) is -0.503. The SMILES string of the molecule is C=C[CH-][C@@H]1OC(C)(C)O[C@@H]1[CH2-].[Y]. The van der Waals surface area contributed by atoms with Gasteiger partial charge in [-0.1, -0.05) is 0 Å². The van der Waals surface area contributed by atoms with Gasteiger partial charge in [0, 0.05) is 38.8 Å². The molecule has 1 rings (SSSR count). The zero-order valence-corrected chi connectivity index (χ0v) is 10.5. The van der Waals surface area contributed by atoms with Crippen molar-refractivity contribution < 1.29 is 42.2 Å². The van der Waals surface area contributed by atoms with Crippen molar-refractivity contribution in [2.24, 2.45) is 0 Å². The van der Waals surface area contributed by atoms with E-state index >= 15 is 0 Å². The van der Waals surface area contributed by atoms with Crippen molar-refractivity contribution in [3.8, 4) is 0 Å². The summed E-state index contributed by atoms with van der Waals surface area (Å²) in [5.41, 5.74) is 0. The second-order valence-electron chi connectivity index (χ2n) is 3.07. The van der Waals surface area contributed by atoms with E-state index in [2.05, 4.69) is 13.5 Å². The van der Waals surface area contributed by atoms with Crippen LogP contribution in [0, 0.1) is 13.3 Å². The molecule has 1 saturated heterocycles. The van der Waals surface area contributed by atoms with Gasteiger partial charge < -0.3 is 16.4 Å². The van der Waals surface area contributed by atoms with Crippen LogP contribution in [0.5, 0.6) is 0 Å². The van der Waals surface area contributed by atoms with E-state index in [1.807, 2.05) is 20.3 Å². The Morgan fingerprint density at radius 1 is 1.50 bits per heavy atom. The van der Waals surface area contributed by atoms with E-state index in [4.69, 9.17) is 9.47 Å². The number of hydrogen-bond donors (Lipinski definition) is 0. The second-order valence-corrected chi connectivity index (χ2v) is 3.07. The number of rotatable bonds is 2. The number of ether oxygens (including phenoxy) is 2. The molecule has 1 heterocycles. The minimum Gasteiger partial charge on any atom is -0.378 e. The van der Waals surface area contributed by atoms with Crippen molar-refractivity contribution in [3.63, 3.8) is 0 Å². The van der Waals surface area contributed by atoms with Gasteiger partial charge in [0.15, 0.2) is 5.79 Å². The Morgan fingerprint density at radius 3 is 2.42 bits per heavy atom. The van der Waals surface area contributed by atoms with Gasteiger partial charge in [-0.05, 0) is 20.0 Å². The van der Waals surface area contributed by atoms with Crippen molar-refractivity contribution in [2.45, 2.75) is 31.8 Å². The van der Waals surface area contributed by atoms with Gasteiger partial charge in [-0.25, -0.2) is 19.1 Å². The van der Waals surface area contributed by atoms with Gasteiger partial charge in [-0.3, -0.25) is 0 Å². The molecule has 1 aliphatic heterocycles. The average molecular weight is 243 g/mol. The van der Waals surface area contributed by atoms with E-state index in [1.54, 1.807) is 6.08 Å². The van der Waals surface area contributed by atoms with Gasteiger partial charge in [0.05, 0.1) is 0 Å². The molecule has 2 atom stereocenters. The largest absolute Gasteiger partial charge is 0.378 e. The third-order valence-electron chi connectivity index (χ3n) is 1.55. The predicted octanol–water partition coefficient (Wildman–Crippen LogP) is 1.73. The van der Waals surface area contributed by atoms with Crippen molar-refractivity contribution in [3.05, 3.63) is 26.0 Å². The summed E-state index contributed by atoms with van der Waals surface area (Å²) in [6, 6.07) is 0. The average Bonchev–Trinajstić information content (AvgIpc) is 2.07. The van der Waals surface area contributed by atoms with Gasteiger partial charge in [0.2, 0.25) is 0 Å². The topological polar surface area (TPSA) is 18.5 Å². The fraction of sp³-hybridized carbons (Fsp3) is 0.556. The van der Waals surface area contributed by atoms with Crippen LogP contribution in [-0.4, -0.2) is 18.0 Å². The van der Waals surface area contributed by atoms with Crippen molar-refractivity contribution in [2.75, 3.05) is 0 Å². The van der Waals surface area contributed by atoms with Crippen LogP contribution in [0.1, 0.15) is 13.8 Å². The molecule has 12 heavy (non-hydrogen) atoms. The van der Waals surface area contributed by atoms with E-state index in [0.29, 0.717) is 0 Å². The summed E-state index contributed by atoms with van der Waals surface area (Å²) in [6.07, 6.45) is 3.38. The smallest absolute Gasteiger partial charge is 0.158 e. The molecular formula is C9H14O2Y-2. The molecule has 2 nitrogen and oxygen atoms in total. The fourth-order valence-electron chi connectivity index (χ4n) is 1.16. The van der Waals surface area contributed by atoms with Crippen LogP contribution >= 0.6 is 0 Å². The maximum absolute atomic E-state index is 5.49. The first-order chi connectivity index (χ1) is 5.05. The molecule has 3 heteroatoms. The molecular weight excluding hydrogens is 229 g/mol. The minimum absolute atomic E-state index is 0. The first kappa shape index (κ1) is 12.6. The molecule has 0 amide bonds. The molecule has 0 saturated carbocycles. The van der Waals surface area contributed by atoms with Crippen LogP contribution in [0.25, 0.3) is 0 Å². The quantitative estimate of drug-likeness (QED) is 0.687. The fourth-order valence-corrected chi connectivity index (χ4v) is 1.16. The molecule has 1 radical (unpaired) electrons. The summed E-state index contributed by atoms with van der Waals surface area (Å²) in [6.45, 7) is 11.1. The number of hydrogen-bond acceptors (Lipinski definition) is 2. The molecule has 67 valence electrons. The molecule has 1 aliphatic rings. The summed E-state index contributed by atoms with van der Waals surface area (Å²) in [5, 5.41) is 0. The Bertz CT molecular complexity index is 157. The summed E-state index contributed by atoms with van der Waals surface area (Å²) in [4.78, 5) is 0. The van der Waals surface area contributed by atoms with Crippen molar-refractivity contribution in [1.29, 1.82) is 0 Å². The molecule has 1 fully saturated rings. The van der Waals surface area contributed by atoms with Gasteiger partial charge in [-0.2, -0.15) is 0 Å². The zero-order valence-electron chi connectivity index (χ0n) is 7.62. The molecule has 0 N–H and O–H groups in total. The van der Waals surface area contributed by atoms with Gasteiger partial charge in [0.1, 0.15) is 0 Å². The van der Waals surface area contributed by atoms with E-state index in [0.717, 1.165) is 0 Å². The van der Waals surface area contributed by atoms with E-state index in [1.165, 1.54) is 0 Å². The third kappa shape index (κ3) is 3.17. The monoisotopic (exact) mass is 243 g/mol. The molecule has 0 bridgehead atoms. The third-order valence-corrected chi connectivity index (χ3v) is 1.55. The van der Waals surface area contributed by atoms with Gasteiger partial charge >= 0.3 is 0 Å². The zero-order chi connectivity index (χ0) is 8.48. The Balaban J connectivity index is 0.00000121. The molecule has 0 aromatic heterocycles.